The highest BCUT2D eigenvalue weighted by Crippen LogP contribution is 2.21. The maximum atomic E-state index is 5.77. The average Bonchev–Trinajstić information content (AvgIpc) is 2.77. The molecule has 0 aliphatic heterocycles. The number of nitrogen functional groups attached to an aromatic ring is 1. The fourth-order valence-electron chi connectivity index (χ4n) is 1.86. The van der Waals surface area contributed by atoms with Gasteiger partial charge in [-0.3, -0.25) is 4.68 Å². The third-order valence-electron chi connectivity index (χ3n) is 2.82. The number of anilines is 2. The molecule has 0 atom stereocenters. The van der Waals surface area contributed by atoms with Gasteiger partial charge in [0.1, 0.15) is 5.82 Å². The molecule has 6 heteroatoms. The zero-order chi connectivity index (χ0) is 13.1. The van der Waals surface area contributed by atoms with Crippen LogP contribution in [0.15, 0.2) is 18.5 Å². The lowest BCUT2D eigenvalue weighted by atomic mass is 10.2. The molecule has 0 saturated carbocycles. The Balaban J connectivity index is 2.43. The minimum atomic E-state index is 0.290. The zero-order valence-corrected chi connectivity index (χ0v) is 11.0. The first-order valence-corrected chi connectivity index (χ1v) is 6.02. The molecule has 2 N–H and O–H groups in total. The van der Waals surface area contributed by atoms with Crippen molar-refractivity contribution in [3.8, 4) is 11.3 Å². The van der Waals surface area contributed by atoms with E-state index in [0.717, 1.165) is 30.2 Å². The van der Waals surface area contributed by atoms with Crippen molar-refractivity contribution in [1.82, 2.24) is 19.7 Å². The average molecular weight is 246 g/mol. The van der Waals surface area contributed by atoms with Crippen LogP contribution in [0.4, 0.5) is 11.8 Å². The van der Waals surface area contributed by atoms with E-state index in [9.17, 15) is 0 Å². The van der Waals surface area contributed by atoms with Gasteiger partial charge in [0.25, 0.3) is 0 Å². The highest BCUT2D eigenvalue weighted by molar-refractivity contribution is 5.63. The second kappa shape index (κ2) is 5.03. The Hall–Kier alpha value is -2.11. The summed E-state index contributed by atoms with van der Waals surface area (Å²) in [5.41, 5.74) is 7.52. The van der Waals surface area contributed by atoms with E-state index in [1.807, 2.05) is 19.3 Å². The standard InChI is InChI=1S/C12H18N6/c1-4-18(5-2)11-6-10(15-12(13)16-11)9-7-14-17(3)8-9/h6-8H,4-5H2,1-3H3,(H2,13,15,16). The normalized spacial score (nSPS) is 10.6. The summed E-state index contributed by atoms with van der Waals surface area (Å²) in [7, 11) is 1.87. The Morgan fingerprint density at radius 1 is 1.28 bits per heavy atom. The fourth-order valence-corrected chi connectivity index (χ4v) is 1.86. The summed E-state index contributed by atoms with van der Waals surface area (Å²) in [5, 5.41) is 4.14. The fraction of sp³-hybridized carbons (Fsp3) is 0.417. The van der Waals surface area contributed by atoms with Crippen LogP contribution in [0, 0.1) is 0 Å². The molecule has 2 aromatic rings. The molecule has 0 bridgehead atoms. The molecule has 0 aliphatic carbocycles. The molecule has 0 amide bonds. The second-order valence-electron chi connectivity index (χ2n) is 4.04. The van der Waals surface area contributed by atoms with Crippen LogP contribution in [0.1, 0.15) is 13.8 Å². The molecule has 0 saturated heterocycles. The van der Waals surface area contributed by atoms with Crippen LogP contribution in [0.2, 0.25) is 0 Å². The molecular formula is C12H18N6. The molecule has 0 spiro atoms. The van der Waals surface area contributed by atoms with E-state index in [4.69, 9.17) is 5.73 Å². The maximum Gasteiger partial charge on any atom is 0.222 e. The molecule has 2 rings (SSSR count). The van der Waals surface area contributed by atoms with Crippen LogP contribution in [-0.4, -0.2) is 32.8 Å². The Bertz CT molecular complexity index is 529. The maximum absolute atomic E-state index is 5.77. The highest BCUT2D eigenvalue weighted by Gasteiger charge is 2.10. The van der Waals surface area contributed by atoms with Crippen LogP contribution >= 0.6 is 0 Å². The van der Waals surface area contributed by atoms with Crippen molar-refractivity contribution < 1.29 is 0 Å². The van der Waals surface area contributed by atoms with Gasteiger partial charge >= 0.3 is 0 Å². The van der Waals surface area contributed by atoms with E-state index in [1.165, 1.54) is 0 Å². The van der Waals surface area contributed by atoms with Gasteiger partial charge in [-0.1, -0.05) is 0 Å². The van der Waals surface area contributed by atoms with Crippen LogP contribution in [0.5, 0.6) is 0 Å². The largest absolute Gasteiger partial charge is 0.368 e. The molecule has 18 heavy (non-hydrogen) atoms. The van der Waals surface area contributed by atoms with E-state index >= 15 is 0 Å². The van der Waals surface area contributed by atoms with Gasteiger partial charge in [-0.2, -0.15) is 10.1 Å². The topological polar surface area (TPSA) is 72.9 Å². The Kier molecular flexibility index (Phi) is 3.45. The van der Waals surface area contributed by atoms with Crippen molar-refractivity contribution in [2.45, 2.75) is 13.8 Å². The molecule has 0 radical (unpaired) electrons. The smallest absolute Gasteiger partial charge is 0.222 e. The first-order valence-electron chi connectivity index (χ1n) is 6.02. The van der Waals surface area contributed by atoms with Crippen molar-refractivity contribution in [3.63, 3.8) is 0 Å². The predicted molar refractivity (Wildman–Crippen MR) is 72.2 cm³/mol. The number of nitrogens with zero attached hydrogens (tertiary/aromatic N) is 5. The van der Waals surface area contributed by atoms with Gasteiger partial charge in [-0.25, -0.2) is 4.98 Å². The van der Waals surface area contributed by atoms with Crippen molar-refractivity contribution in [2.75, 3.05) is 23.7 Å². The summed E-state index contributed by atoms with van der Waals surface area (Å²) in [4.78, 5) is 10.7. The second-order valence-corrected chi connectivity index (χ2v) is 4.04. The van der Waals surface area contributed by atoms with Crippen molar-refractivity contribution in [1.29, 1.82) is 0 Å². The number of aryl methyl sites for hydroxylation is 1. The van der Waals surface area contributed by atoms with Gasteiger partial charge in [0.15, 0.2) is 0 Å². The summed E-state index contributed by atoms with van der Waals surface area (Å²) in [6.45, 7) is 5.95. The SMILES string of the molecule is CCN(CC)c1cc(-c2cnn(C)c2)nc(N)n1. The van der Waals surface area contributed by atoms with Gasteiger partial charge in [-0.15, -0.1) is 0 Å². The minimum Gasteiger partial charge on any atom is -0.368 e. The summed E-state index contributed by atoms with van der Waals surface area (Å²) in [5.74, 6) is 1.14. The zero-order valence-electron chi connectivity index (χ0n) is 11.0. The van der Waals surface area contributed by atoms with Crippen molar-refractivity contribution in [2.24, 2.45) is 7.05 Å². The van der Waals surface area contributed by atoms with Crippen molar-refractivity contribution in [3.05, 3.63) is 18.5 Å². The number of aromatic nitrogens is 4. The Labute approximate surface area is 106 Å². The molecule has 0 fully saturated rings. The summed E-state index contributed by atoms with van der Waals surface area (Å²) in [6, 6.07) is 1.94. The number of hydrogen-bond acceptors (Lipinski definition) is 5. The van der Waals surface area contributed by atoms with E-state index in [2.05, 4.69) is 33.8 Å². The number of hydrogen-bond donors (Lipinski definition) is 1. The van der Waals surface area contributed by atoms with Crippen LogP contribution in [-0.2, 0) is 7.05 Å². The molecule has 6 nitrogen and oxygen atoms in total. The quantitative estimate of drug-likeness (QED) is 0.880. The van der Waals surface area contributed by atoms with Gasteiger partial charge in [-0.05, 0) is 13.8 Å². The van der Waals surface area contributed by atoms with Crippen molar-refractivity contribution >= 4 is 11.8 Å². The Morgan fingerprint density at radius 3 is 2.56 bits per heavy atom. The van der Waals surface area contributed by atoms with E-state index in [0.29, 0.717) is 5.95 Å². The first kappa shape index (κ1) is 12.3. The van der Waals surface area contributed by atoms with Gasteiger partial charge in [0.05, 0.1) is 11.9 Å². The van der Waals surface area contributed by atoms with Gasteiger partial charge < -0.3 is 10.6 Å². The molecule has 0 unspecified atom stereocenters. The third kappa shape index (κ3) is 2.42. The van der Waals surface area contributed by atoms with Crippen LogP contribution in [0.25, 0.3) is 11.3 Å². The minimum absolute atomic E-state index is 0.290. The number of rotatable bonds is 4. The lowest BCUT2D eigenvalue weighted by Gasteiger charge is -2.20. The molecule has 0 aliphatic rings. The molecule has 2 heterocycles. The lowest BCUT2D eigenvalue weighted by molar-refractivity contribution is 0.768. The Morgan fingerprint density at radius 2 is 2.00 bits per heavy atom. The van der Waals surface area contributed by atoms with Gasteiger partial charge in [0.2, 0.25) is 5.95 Å². The van der Waals surface area contributed by atoms with E-state index < -0.39 is 0 Å². The molecule has 96 valence electrons. The van der Waals surface area contributed by atoms with Gasteiger partial charge in [0, 0.05) is 38.0 Å². The van der Waals surface area contributed by atoms with E-state index in [1.54, 1.807) is 10.9 Å². The van der Waals surface area contributed by atoms with Crippen LogP contribution < -0.4 is 10.6 Å². The highest BCUT2D eigenvalue weighted by atomic mass is 15.2. The predicted octanol–water partition coefficient (Wildman–Crippen LogP) is 1.31. The van der Waals surface area contributed by atoms with E-state index in [-0.39, 0.29) is 0 Å². The monoisotopic (exact) mass is 246 g/mol. The summed E-state index contributed by atoms with van der Waals surface area (Å²) >= 11 is 0. The first-order chi connectivity index (χ1) is 8.63. The third-order valence-corrected chi connectivity index (χ3v) is 2.82. The van der Waals surface area contributed by atoms with Crippen LogP contribution in [0.3, 0.4) is 0 Å². The molecular weight excluding hydrogens is 228 g/mol. The molecule has 2 aromatic heterocycles. The number of nitrogens with two attached hydrogens (primary N) is 1. The molecule has 0 aromatic carbocycles. The lowest BCUT2D eigenvalue weighted by Crippen LogP contribution is -2.23. The summed E-state index contributed by atoms with van der Waals surface area (Å²) in [6.07, 6.45) is 3.68. The summed E-state index contributed by atoms with van der Waals surface area (Å²) < 4.78 is 1.74.